The number of nitrogens with zero attached hydrogens (tertiary/aromatic N) is 1. The maximum Gasteiger partial charge on any atom is 0.336 e. The Morgan fingerprint density at radius 2 is 2.11 bits per heavy atom. The lowest BCUT2D eigenvalue weighted by molar-refractivity contribution is 0.0696. The van der Waals surface area contributed by atoms with Crippen LogP contribution in [0.5, 0.6) is 0 Å². The van der Waals surface area contributed by atoms with Crippen LogP contribution in [0.1, 0.15) is 28.8 Å². The molecule has 1 aromatic rings. The molecule has 18 heavy (non-hydrogen) atoms. The molecule has 2 aliphatic heterocycles. The summed E-state index contributed by atoms with van der Waals surface area (Å²) in [7, 11) is 0. The van der Waals surface area contributed by atoms with Gasteiger partial charge < -0.3 is 14.7 Å². The number of benzene rings is 1. The molecule has 2 heterocycles. The van der Waals surface area contributed by atoms with Crippen molar-refractivity contribution in [1.82, 2.24) is 0 Å². The first-order valence-electron chi connectivity index (χ1n) is 6.47. The predicted molar refractivity (Wildman–Crippen MR) is 68.3 cm³/mol. The third-order valence-electron chi connectivity index (χ3n) is 3.93. The second kappa shape index (κ2) is 4.61. The zero-order chi connectivity index (χ0) is 12.5. The van der Waals surface area contributed by atoms with Crippen molar-refractivity contribution in [2.24, 2.45) is 0 Å². The maximum absolute atomic E-state index is 11.2. The van der Waals surface area contributed by atoms with Crippen LogP contribution in [-0.2, 0) is 11.2 Å². The molecular formula is C14H17NO3. The van der Waals surface area contributed by atoms with Gasteiger partial charge in [0.05, 0.1) is 5.56 Å². The van der Waals surface area contributed by atoms with Crippen LogP contribution < -0.4 is 4.90 Å². The van der Waals surface area contributed by atoms with Crippen molar-refractivity contribution < 1.29 is 14.6 Å². The average Bonchev–Trinajstić information content (AvgIpc) is 2.83. The van der Waals surface area contributed by atoms with Gasteiger partial charge in [-0.05, 0) is 37.0 Å². The molecule has 0 radical (unpaired) electrons. The number of carbonyl (C=O) groups is 1. The molecule has 0 saturated carbocycles. The first kappa shape index (κ1) is 11.5. The van der Waals surface area contributed by atoms with Crippen molar-refractivity contribution in [3.63, 3.8) is 0 Å². The molecule has 0 spiro atoms. The van der Waals surface area contributed by atoms with Gasteiger partial charge in [0.25, 0.3) is 0 Å². The first-order valence-corrected chi connectivity index (χ1v) is 6.47. The van der Waals surface area contributed by atoms with Crippen LogP contribution in [0, 0.1) is 0 Å². The Kier molecular flexibility index (Phi) is 2.96. The largest absolute Gasteiger partial charge is 0.478 e. The Morgan fingerprint density at radius 1 is 1.33 bits per heavy atom. The van der Waals surface area contributed by atoms with Crippen molar-refractivity contribution in [2.75, 3.05) is 24.7 Å². The monoisotopic (exact) mass is 247 g/mol. The topological polar surface area (TPSA) is 49.8 Å². The van der Waals surface area contributed by atoms with E-state index in [0.29, 0.717) is 11.6 Å². The number of fused-ring (bicyclic) bond motifs is 1. The molecule has 4 nitrogen and oxygen atoms in total. The molecule has 96 valence electrons. The molecule has 1 N–H and O–H groups in total. The summed E-state index contributed by atoms with van der Waals surface area (Å²) in [6.45, 7) is 2.56. The van der Waals surface area contributed by atoms with E-state index in [4.69, 9.17) is 4.74 Å². The summed E-state index contributed by atoms with van der Waals surface area (Å²) in [6.07, 6.45) is 2.92. The molecule has 4 heteroatoms. The molecule has 0 unspecified atom stereocenters. The predicted octanol–water partition coefficient (Wildman–Crippen LogP) is 1.93. The van der Waals surface area contributed by atoms with E-state index in [-0.39, 0.29) is 0 Å². The number of carboxylic acids is 1. The smallest absolute Gasteiger partial charge is 0.336 e. The first-order chi connectivity index (χ1) is 8.77. The molecule has 3 rings (SSSR count). The van der Waals surface area contributed by atoms with E-state index in [1.807, 2.05) is 12.1 Å². The molecule has 0 aliphatic carbocycles. The summed E-state index contributed by atoms with van der Waals surface area (Å²) in [5.74, 6) is -0.819. The van der Waals surface area contributed by atoms with Crippen LogP contribution >= 0.6 is 0 Å². The minimum Gasteiger partial charge on any atom is -0.478 e. The summed E-state index contributed by atoms with van der Waals surface area (Å²) in [5.41, 5.74) is 2.57. The minimum absolute atomic E-state index is 0.460. The summed E-state index contributed by atoms with van der Waals surface area (Å²) in [5, 5.41) is 9.21. The fourth-order valence-corrected chi connectivity index (χ4v) is 3.04. The van der Waals surface area contributed by atoms with Gasteiger partial charge in [-0.15, -0.1) is 0 Å². The van der Waals surface area contributed by atoms with Gasteiger partial charge in [-0.1, -0.05) is 6.07 Å². The fourth-order valence-electron chi connectivity index (χ4n) is 3.04. The van der Waals surface area contributed by atoms with Crippen molar-refractivity contribution in [3.05, 3.63) is 29.3 Å². The average molecular weight is 247 g/mol. The maximum atomic E-state index is 11.2. The van der Waals surface area contributed by atoms with E-state index in [9.17, 15) is 9.90 Å². The highest BCUT2D eigenvalue weighted by molar-refractivity contribution is 5.92. The zero-order valence-electron chi connectivity index (χ0n) is 10.3. The normalized spacial score (nSPS) is 19.9. The van der Waals surface area contributed by atoms with Gasteiger partial charge in [-0.3, -0.25) is 0 Å². The molecule has 1 fully saturated rings. The molecule has 0 atom stereocenters. The molecule has 1 aromatic carbocycles. The summed E-state index contributed by atoms with van der Waals surface area (Å²) in [4.78, 5) is 13.6. The SMILES string of the molecule is O=C(O)c1cccc2c1CCN2C1CCOCC1. The molecule has 0 amide bonds. The second-order valence-corrected chi connectivity index (χ2v) is 4.90. The number of anilines is 1. The Labute approximate surface area is 106 Å². The van der Waals surface area contributed by atoms with Gasteiger partial charge in [0.15, 0.2) is 0 Å². The van der Waals surface area contributed by atoms with Crippen LogP contribution in [0.4, 0.5) is 5.69 Å². The van der Waals surface area contributed by atoms with Gasteiger partial charge in [-0.2, -0.15) is 0 Å². The highest BCUT2D eigenvalue weighted by Crippen LogP contribution is 2.34. The standard InChI is InChI=1S/C14H17NO3/c16-14(17)12-2-1-3-13-11(12)4-7-15(13)10-5-8-18-9-6-10/h1-3,10H,4-9H2,(H,16,17). The number of carboxylic acid groups (broad SMARTS) is 1. The van der Waals surface area contributed by atoms with Crippen LogP contribution in [0.3, 0.4) is 0 Å². The number of hydrogen-bond acceptors (Lipinski definition) is 3. The van der Waals surface area contributed by atoms with Crippen molar-refractivity contribution in [1.29, 1.82) is 0 Å². The highest BCUT2D eigenvalue weighted by atomic mass is 16.5. The van der Waals surface area contributed by atoms with Crippen LogP contribution in [0.25, 0.3) is 0 Å². The zero-order valence-corrected chi connectivity index (χ0v) is 10.3. The molecule has 2 aliphatic rings. The van der Waals surface area contributed by atoms with E-state index < -0.39 is 5.97 Å². The lowest BCUT2D eigenvalue weighted by Crippen LogP contribution is -2.38. The third-order valence-corrected chi connectivity index (χ3v) is 3.93. The van der Waals surface area contributed by atoms with Crippen LogP contribution in [0.15, 0.2) is 18.2 Å². The molecule has 0 aromatic heterocycles. The summed E-state index contributed by atoms with van der Waals surface area (Å²) in [6, 6.07) is 6.10. The van der Waals surface area contributed by atoms with E-state index in [2.05, 4.69) is 4.90 Å². The van der Waals surface area contributed by atoms with Gasteiger partial charge in [0, 0.05) is 31.5 Å². The van der Waals surface area contributed by atoms with Crippen LogP contribution in [0.2, 0.25) is 0 Å². The number of aromatic carboxylic acids is 1. The van der Waals surface area contributed by atoms with E-state index >= 15 is 0 Å². The number of ether oxygens (including phenoxy) is 1. The van der Waals surface area contributed by atoms with Gasteiger partial charge >= 0.3 is 5.97 Å². The summed E-state index contributed by atoms with van der Waals surface area (Å²) < 4.78 is 5.39. The molecule has 1 saturated heterocycles. The lowest BCUT2D eigenvalue weighted by Gasteiger charge is -2.33. The van der Waals surface area contributed by atoms with Gasteiger partial charge in [0.2, 0.25) is 0 Å². The Bertz CT molecular complexity index is 466. The third kappa shape index (κ3) is 1.86. The minimum atomic E-state index is -0.819. The van der Waals surface area contributed by atoms with Crippen molar-refractivity contribution >= 4 is 11.7 Å². The summed E-state index contributed by atoms with van der Waals surface area (Å²) >= 11 is 0. The van der Waals surface area contributed by atoms with E-state index in [1.165, 1.54) is 0 Å². The highest BCUT2D eigenvalue weighted by Gasteiger charge is 2.29. The van der Waals surface area contributed by atoms with Crippen molar-refractivity contribution in [2.45, 2.75) is 25.3 Å². The molecule has 0 bridgehead atoms. The Morgan fingerprint density at radius 3 is 2.83 bits per heavy atom. The number of hydrogen-bond donors (Lipinski definition) is 1. The Hall–Kier alpha value is -1.55. The second-order valence-electron chi connectivity index (χ2n) is 4.90. The fraction of sp³-hybridized carbons (Fsp3) is 0.500. The van der Waals surface area contributed by atoms with Crippen molar-refractivity contribution in [3.8, 4) is 0 Å². The van der Waals surface area contributed by atoms with E-state index in [0.717, 1.165) is 50.3 Å². The van der Waals surface area contributed by atoms with E-state index in [1.54, 1.807) is 6.07 Å². The van der Waals surface area contributed by atoms with Crippen LogP contribution in [-0.4, -0.2) is 36.9 Å². The Balaban J connectivity index is 1.91. The molecular weight excluding hydrogens is 230 g/mol. The van der Waals surface area contributed by atoms with Gasteiger partial charge in [-0.25, -0.2) is 4.79 Å². The van der Waals surface area contributed by atoms with Gasteiger partial charge in [0.1, 0.15) is 0 Å². The quantitative estimate of drug-likeness (QED) is 0.867. The lowest BCUT2D eigenvalue weighted by atomic mass is 10.0. The number of rotatable bonds is 2.